The van der Waals surface area contributed by atoms with Crippen LogP contribution < -0.4 is 5.32 Å². The van der Waals surface area contributed by atoms with Crippen LogP contribution in [0.1, 0.15) is 42.9 Å². The van der Waals surface area contributed by atoms with Gasteiger partial charge in [0.25, 0.3) is 0 Å². The Bertz CT molecular complexity index is 643. The van der Waals surface area contributed by atoms with Crippen molar-refractivity contribution in [3.05, 3.63) is 34.9 Å². The van der Waals surface area contributed by atoms with Gasteiger partial charge in [-0.25, -0.2) is 0 Å². The van der Waals surface area contributed by atoms with Gasteiger partial charge in [-0.1, -0.05) is 18.2 Å². The van der Waals surface area contributed by atoms with Crippen LogP contribution in [0.3, 0.4) is 0 Å². The number of carboxylic acids is 1. The van der Waals surface area contributed by atoms with Crippen molar-refractivity contribution in [2.45, 2.75) is 51.0 Å². The zero-order valence-corrected chi connectivity index (χ0v) is 14.3. The van der Waals surface area contributed by atoms with Crippen molar-refractivity contribution in [1.29, 1.82) is 0 Å². The number of amides is 1. The Balaban J connectivity index is 1.58. The average molecular weight is 330 g/mol. The van der Waals surface area contributed by atoms with Crippen molar-refractivity contribution in [3.8, 4) is 0 Å². The number of aryl methyl sites for hydroxylation is 2. The molecule has 0 saturated carbocycles. The molecule has 1 amide bonds. The molecule has 0 aromatic heterocycles. The molecule has 5 heteroatoms. The summed E-state index contributed by atoms with van der Waals surface area (Å²) in [6, 6.07) is 6.46. The van der Waals surface area contributed by atoms with Gasteiger partial charge in [-0.2, -0.15) is 0 Å². The van der Waals surface area contributed by atoms with Gasteiger partial charge in [0.2, 0.25) is 5.91 Å². The molecule has 1 saturated heterocycles. The lowest BCUT2D eigenvalue weighted by atomic mass is 9.90. The molecule has 1 fully saturated rings. The number of aliphatic carboxylic acids is 1. The van der Waals surface area contributed by atoms with Crippen LogP contribution in [0, 0.1) is 0 Å². The van der Waals surface area contributed by atoms with E-state index >= 15 is 0 Å². The number of carbonyl (C=O) groups is 2. The van der Waals surface area contributed by atoms with Crippen molar-refractivity contribution < 1.29 is 14.7 Å². The van der Waals surface area contributed by atoms with Gasteiger partial charge >= 0.3 is 5.97 Å². The van der Waals surface area contributed by atoms with Gasteiger partial charge in [-0.05, 0) is 55.7 Å². The van der Waals surface area contributed by atoms with E-state index in [0.717, 1.165) is 24.8 Å². The number of nitrogens with zero attached hydrogens (tertiary/aromatic N) is 1. The van der Waals surface area contributed by atoms with Gasteiger partial charge in [0, 0.05) is 18.6 Å². The van der Waals surface area contributed by atoms with Crippen LogP contribution in [-0.2, 0) is 28.9 Å². The highest BCUT2D eigenvalue weighted by atomic mass is 16.4. The lowest BCUT2D eigenvalue weighted by Gasteiger charge is -2.25. The Labute approximate surface area is 143 Å². The molecular weight excluding hydrogens is 304 g/mol. The molecule has 1 aromatic rings. The quantitative estimate of drug-likeness (QED) is 0.863. The predicted octanol–water partition coefficient (Wildman–Crippen LogP) is 1.77. The van der Waals surface area contributed by atoms with Crippen LogP contribution >= 0.6 is 0 Å². The minimum atomic E-state index is -0.866. The molecule has 2 aliphatic rings. The second kappa shape index (κ2) is 6.93. The first-order valence-corrected chi connectivity index (χ1v) is 8.80. The summed E-state index contributed by atoms with van der Waals surface area (Å²) in [6.07, 6.45) is 6.01. The van der Waals surface area contributed by atoms with E-state index in [1.54, 1.807) is 0 Å². The van der Waals surface area contributed by atoms with Crippen molar-refractivity contribution in [2.75, 3.05) is 19.6 Å². The summed E-state index contributed by atoms with van der Waals surface area (Å²) < 4.78 is 0. The fourth-order valence-corrected chi connectivity index (χ4v) is 3.79. The zero-order valence-electron chi connectivity index (χ0n) is 14.3. The fraction of sp³-hybridized carbons (Fsp3) is 0.579. The van der Waals surface area contributed by atoms with E-state index in [2.05, 4.69) is 23.5 Å². The molecule has 2 N–H and O–H groups in total. The van der Waals surface area contributed by atoms with E-state index in [1.807, 2.05) is 11.8 Å². The largest absolute Gasteiger partial charge is 0.480 e. The molecule has 1 aliphatic carbocycles. The lowest BCUT2D eigenvalue weighted by molar-refractivity contribution is -0.136. The number of carbonyl (C=O) groups excluding carboxylic acids is 1. The molecule has 1 aromatic carbocycles. The third-order valence-electron chi connectivity index (χ3n) is 5.26. The van der Waals surface area contributed by atoms with Crippen LogP contribution in [-0.4, -0.2) is 47.1 Å². The first kappa shape index (κ1) is 17.0. The third-order valence-corrected chi connectivity index (χ3v) is 5.26. The van der Waals surface area contributed by atoms with Gasteiger partial charge in [0.15, 0.2) is 0 Å². The molecule has 130 valence electrons. The molecule has 0 spiro atoms. The summed E-state index contributed by atoms with van der Waals surface area (Å²) in [5.74, 6) is -0.735. The van der Waals surface area contributed by atoms with Crippen molar-refractivity contribution >= 4 is 11.9 Å². The van der Waals surface area contributed by atoms with E-state index in [0.29, 0.717) is 19.5 Å². The van der Waals surface area contributed by atoms with E-state index in [-0.39, 0.29) is 18.0 Å². The zero-order chi connectivity index (χ0) is 17.2. The van der Waals surface area contributed by atoms with Gasteiger partial charge in [0.1, 0.15) is 0 Å². The molecular formula is C19H26N2O3. The normalized spacial score (nSPS) is 23.1. The van der Waals surface area contributed by atoms with Gasteiger partial charge in [-0.15, -0.1) is 0 Å². The summed E-state index contributed by atoms with van der Waals surface area (Å²) in [7, 11) is 0. The highest BCUT2D eigenvalue weighted by molar-refractivity contribution is 5.79. The summed E-state index contributed by atoms with van der Waals surface area (Å²) in [5.41, 5.74) is 3.63. The number of hydrogen-bond acceptors (Lipinski definition) is 3. The standard InChI is InChI=1S/C19H26N2O3/c1-19(20-12-18(23)24)8-9-21(13-19)17(22)11-14-6-7-15-4-2-3-5-16(15)10-14/h6-7,10,20H,2-5,8-9,11-13H2,1H3,(H,23,24)/t19-/m0/s1. The first-order chi connectivity index (χ1) is 11.5. The highest BCUT2D eigenvalue weighted by Crippen LogP contribution is 2.24. The number of carboxylic acid groups (broad SMARTS) is 1. The summed E-state index contributed by atoms with van der Waals surface area (Å²) in [4.78, 5) is 25.2. The number of rotatable bonds is 5. The van der Waals surface area contributed by atoms with Gasteiger partial charge in [0.05, 0.1) is 13.0 Å². The van der Waals surface area contributed by atoms with Crippen LogP contribution in [0.4, 0.5) is 0 Å². The maximum absolute atomic E-state index is 12.6. The number of likely N-dealkylation sites (tertiary alicyclic amines) is 1. The highest BCUT2D eigenvalue weighted by Gasteiger charge is 2.35. The molecule has 1 heterocycles. The molecule has 5 nitrogen and oxygen atoms in total. The van der Waals surface area contributed by atoms with Crippen LogP contribution in [0.5, 0.6) is 0 Å². The van der Waals surface area contributed by atoms with Crippen LogP contribution in [0.2, 0.25) is 0 Å². The van der Waals surface area contributed by atoms with Crippen molar-refractivity contribution in [1.82, 2.24) is 10.2 Å². The Kier molecular flexibility index (Phi) is 4.90. The Hall–Kier alpha value is -1.88. The minimum absolute atomic E-state index is 0.0661. The number of hydrogen-bond donors (Lipinski definition) is 2. The minimum Gasteiger partial charge on any atom is -0.480 e. The van der Waals surface area contributed by atoms with Crippen LogP contribution in [0.25, 0.3) is 0 Å². The summed E-state index contributed by atoms with van der Waals surface area (Å²) in [5, 5.41) is 11.9. The van der Waals surface area contributed by atoms with Gasteiger partial charge in [-0.3, -0.25) is 14.9 Å². The maximum atomic E-state index is 12.6. The van der Waals surface area contributed by atoms with E-state index in [9.17, 15) is 9.59 Å². The van der Waals surface area contributed by atoms with E-state index in [1.165, 1.54) is 24.0 Å². The first-order valence-electron chi connectivity index (χ1n) is 8.80. The Morgan fingerprint density at radius 3 is 2.75 bits per heavy atom. The van der Waals surface area contributed by atoms with E-state index < -0.39 is 5.97 Å². The summed E-state index contributed by atoms with van der Waals surface area (Å²) in [6.45, 7) is 3.18. The molecule has 0 radical (unpaired) electrons. The second-order valence-electron chi connectivity index (χ2n) is 7.36. The van der Waals surface area contributed by atoms with Crippen molar-refractivity contribution in [3.63, 3.8) is 0 Å². The lowest BCUT2D eigenvalue weighted by Crippen LogP contribution is -2.47. The Morgan fingerprint density at radius 1 is 1.25 bits per heavy atom. The van der Waals surface area contributed by atoms with Gasteiger partial charge < -0.3 is 10.0 Å². The Morgan fingerprint density at radius 2 is 2.00 bits per heavy atom. The van der Waals surface area contributed by atoms with Crippen molar-refractivity contribution in [2.24, 2.45) is 0 Å². The summed E-state index contributed by atoms with van der Waals surface area (Å²) >= 11 is 0. The second-order valence-corrected chi connectivity index (χ2v) is 7.36. The predicted molar refractivity (Wildman–Crippen MR) is 92.0 cm³/mol. The molecule has 0 bridgehead atoms. The average Bonchev–Trinajstić information content (AvgIpc) is 2.96. The third kappa shape index (κ3) is 3.96. The fourth-order valence-electron chi connectivity index (χ4n) is 3.79. The van der Waals surface area contributed by atoms with E-state index in [4.69, 9.17) is 5.11 Å². The maximum Gasteiger partial charge on any atom is 0.317 e. The smallest absolute Gasteiger partial charge is 0.317 e. The number of nitrogens with one attached hydrogen (secondary N) is 1. The molecule has 24 heavy (non-hydrogen) atoms. The van der Waals surface area contributed by atoms with Crippen LogP contribution in [0.15, 0.2) is 18.2 Å². The number of fused-ring (bicyclic) bond motifs is 1. The SMILES string of the molecule is C[C@]1(NCC(=O)O)CCN(C(=O)Cc2ccc3c(c2)CCCC3)C1. The number of benzene rings is 1. The molecule has 3 rings (SSSR count). The molecule has 1 atom stereocenters. The molecule has 1 aliphatic heterocycles. The topological polar surface area (TPSA) is 69.6 Å². The monoisotopic (exact) mass is 330 g/mol. The molecule has 0 unspecified atom stereocenters.